The third kappa shape index (κ3) is 2.29. The first-order valence-corrected chi connectivity index (χ1v) is 6.83. The molecule has 0 aliphatic rings. The van der Waals surface area contributed by atoms with Gasteiger partial charge in [0.15, 0.2) is 0 Å². The number of ether oxygens (including phenoxy) is 1. The van der Waals surface area contributed by atoms with Crippen LogP contribution in [0.2, 0.25) is 0 Å². The first kappa shape index (κ1) is 13.4. The van der Waals surface area contributed by atoms with Crippen LogP contribution in [-0.4, -0.2) is 24.7 Å². The molecular weight excluding hydrogens is 272 g/mol. The second kappa shape index (κ2) is 4.28. The van der Waals surface area contributed by atoms with Gasteiger partial charge in [0, 0.05) is 20.2 Å². The Bertz CT molecular complexity index is 803. The number of benzene rings is 1. The molecule has 0 saturated heterocycles. The van der Waals surface area contributed by atoms with Gasteiger partial charge < -0.3 is 4.74 Å². The van der Waals surface area contributed by atoms with E-state index in [1.54, 1.807) is 20.2 Å². The number of aromatic nitrogens is 2. The van der Waals surface area contributed by atoms with Gasteiger partial charge in [0.1, 0.15) is 5.75 Å². The maximum atomic E-state index is 11.8. The quantitative estimate of drug-likeness (QED) is 0.793. The molecule has 8 nitrogen and oxygen atoms in total. The molecule has 104 valence electrons. The Morgan fingerprint density at radius 2 is 1.74 bits per heavy atom. The molecule has 0 spiro atoms. The highest BCUT2D eigenvalue weighted by Gasteiger charge is 2.15. The number of nitrogens with two attached hydrogens (primary N) is 1. The zero-order valence-electron chi connectivity index (χ0n) is 10.7. The molecule has 2 aromatic rings. The van der Waals surface area contributed by atoms with Crippen molar-refractivity contribution in [2.45, 2.75) is 0 Å². The topological polar surface area (TPSA) is 108 Å². The Labute approximate surface area is 109 Å². The summed E-state index contributed by atoms with van der Waals surface area (Å²) in [7, 11) is 0.698. The molecule has 1 aromatic carbocycles. The van der Waals surface area contributed by atoms with Crippen molar-refractivity contribution in [3.63, 3.8) is 0 Å². The van der Waals surface area contributed by atoms with E-state index in [2.05, 4.69) is 4.72 Å². The number of anilines is 1. The molecule has 0 fully saturated rings. The number of imidazole rings is 1. The molecule has 2 rings (SSSR count). The number of nitrogens with one attached hydrogen (secondary N) is 1. The van der Waals surface area contributed by atoms with Crippen LogP contribution in [0.5, 0.6) is 5.75 Å². The van der Waals surface area contributed by atoms with Crippen molar-refractivity contribution in [3.05, 3.63) is 22.6 Å². The highest BCUT2D eigenvalue weighted by molar-refractivity contribution is 7.90. The number of rotatable bonds is 3. The minimum absolute atomic E-state index is 0.179. The number of aryl methyl sites for hydroxylation is 2. The van der Waals surface area contributed by atoms with Gasteiger partial charge in [0.05, 0.1) is 23.8 Å². The van der Waals surface area contributed by atoms with Gasteiger partial charge in [0.25, 0.3) is 10.2 Å². The molecule has 9 heteroatoms. The van der Waals surface area contributed by atoms with Crippen molar-refractivity contribution in [2.24, 2.45) is 19.2 Å². The van der Waals surface area contributed by atoms with E-state index in [9.17, 15) is 13.2 Å². The molecular formula is C10H14N4O4S. The number of methoxy groups -OCH3 is 1. The molecule has 0 atom stereocenters. The van der Waals surface area contributed by atoms with Crippen LogP contribution < -0.4 is 20.3 Å². The Morgan fingerprint density at radius 1 is 1.21 bits per heavy atom. The van der Waals surface area contributed by atoms with Gasteiger partial charge in [0.2, 0.25) is 0 Å². The summed E-state index contributed by atoms with van der Waals surface area (Å²) in [6.07, 6.45) is 0. The average Bonchev–Trinajstić information content (AvgIpc) is 2.52. The monoisotopic (exact) mass is 286 g/mol. The second-order valence-corrected chi connectivity index (χ2v) is 5.38. The Morgan fingerprint density at radius 3 is 2.21 bits per heavy atom. The third-order valence-electron chi connectivity index (χ3n) is 2.85. The van der Waals surface area contributed by atoms with Crippen molar-refractivity contribution in [1.82, 2.24) is 9.13 Å². The standard InChI is InChI=1S/C10H14N4O4S/c1-13-7-4-6(12-19(11,16)17)9(18-3)5-8(7)14(2)10(13)15/h4-5,12H,1-3H3,(H2,11,16,17). The summed E-state index contributed by atoms with van der Waals surface area (Å²) in [5.74, 6) is 0.280. The van der Waals surface area contributed by atoms with Crippen molar-refractivity contribution in [2.75, 3.05) is 11.8 Å². The molecule has 0 unspecified atom stereocenters. The van der Waals surface area contributed by atoms with Crippen molar-refractivity contribution >= 4 is 26.9 Å². The first-order chi connectivity index (χ1) is 8.74. The van der Waals surface area contributed by atoms with Crippen LogP contribution in [0.15, 0.2) is 16.9 Å². The van der Waals surface area contributed by atoms with E-state index >= 15 is 0 Å². The molecule has 1 heterocycles. The lowest BCUT2D eigenvalue weighted by Gasteiger charge is -2.10. The summed E-state index contributed by atoms with van der Waals surface area (Å²) in [4.78, 5) is 11.8. The molecule has 0 radical (unpaired) electrons. The lowest BCUT2D eigenvalue weighted by atomic mass is 10.2. The van der Waals surface area contributed by atoms with Gasteiger partial charge in [-0.15, -0.1) is 0 Å². The molecule has 0 saturated carbocycles. The summed E-state index contributed by atoms with van der Waals surface area (Å²) in [6, 6.07) is 3.07. The van der Waals surface area contributed by atoms with Crippen LogP contribution in [0.3, 0.4) is 0 Å². The van der Waals surface area contributed by atoms with E-state index in [0.29, 0.717) is 11.0 Å². The maximum Gasteiger partial charge on any atom is 0.328 e. The Hall–Kier alpha value is -2.00. The van der Waals surface area contributed by atoms with Crippen molar-refractivity contribution in [3.8, 4) is 5.75 Å². The van der Waals surface area contributed by atoms with E-state index in [1.165, 1.54) is 22.3 Å². The first-order valence-electron chi connectivity index (χ1n) is 5.28. The molecule has 0 amide bonds. The van der Waals surface area contributed by atoms with Gasteiger partial charge >= 0.3 is 5.69 Å². The lowest BCUT2D eigenvalue weighted by Crippen LogP contribution is -2.22. The van der Waals surface area contributed by atoms with E-state index in [1.807, 2.05) is 0 Å². The molecule has 0 aliphatic heterocycles. The van der Waals surface area contributed by atoms with E-state index < -0.39 is 10.2 Å². The average molecular weight is 286 g/mol. The van der Waals surface area contributed by atoms with Gasteiger partial charge in [-0.05, 0) is 6.07 Å². The van der Waals surface area contributed by atoms with Crippen LogP contribution in [0, 0.1) is 0 Å². The Kier molecular flexibility index (Phi) is 3.03. The minimum Gasteiger partial charge on any atom is -0.494 e. The number of fused-ring (bicyclic) bond motifs is 1. The fourth-order valence-corrected chi connectivity index (χ4v) is 2.39. The summed E-state index contributed by atoms with van der Waals surface area (Å²) in [5.41, 5.74) is 1.16. The molecule has 1 aromatic heterocycles. The molecule has 3 N–H and O–H groups in total. The van der Waals surface area contributed by atoms with E-state index in [0.717, 1.165) is 0 Å². The van der Waals surface area contributed by atoms with Crippen LogP contribution in [0.4, 0.5) is 5.69 Å². The zero-order valence-corrected chi connectivity index (χ0v) is 11.5. The summed E-state index contributed by atoms with van der Waals surface area (Å²) >= 11 is 0. The highest BCUT2D eigenvalue weighted by atomic mass is 32.2. The fourth-order valence-electron chi connectivity index (χ4n) is 1.93. The highest BCUT2D eigenvalue weighted by Crippen LogP contribution is 2.29. The van der Waals surface area contributed by atoms with Crippen LogP contribution in [0.1, 0.15) is 0 Å². The summed E-state index contributed by atoms with van der Waals surface area (Å²) < 4.78 is 32.3. The smallest absolute Gasteiger partial charge is 0.328 e. The van der Waals surface area contributed by atoms with E-state index in [4.69, 9.17) is 9.88 Å². The largest absolute Gasteiger partial charge is 0.494 e. The summed E-state index contributed by atoms with van der Waals surface area (Å²) in [6.45, 7) is 0. The Balaban J connectivity index is 2.79. The predicted octanol–water partition coefficient (Wildman–Crippen LogP) is -0.499. The second-order valence-electron chi connectivity index (χ2n) is 4.09. The van der Waals surface area contributed by atoms with Crippen LogP contribution in [-0.2, 0) is 24.3 Å². The lowest BCUT2D eigenvalue weighted by molar-refractivity contribution is 0.417. The number of nitrogens with zero attached hydrogens (tertiary/aromatic N) is 2. The number of hydrogen-bond acceptors (Lipinski definition) is 4. The van der Waals surface area contributed by atoms with E-state index in [-0.39, 0.29) is 17.1 Å². The van der Waals surface area contributed by atoms with Crippen molar-refractivity contribution < 1.29 is 13.2 Å². The zero-order chi connectivity index (χ0) is 14.4. The normalized spacial score (nSPS) is 11.8. The van der Waals surface area contributed by atoms with Gasteiger partial charge in [-0.2, -0.15) is 8.42 Å². The van der Waals surface area contributed by atoms with Crippen LogP contribution in [0.25, 0.3) is 11.0 Å². The summed E-state index contributed by atoms with van der Waals surface area (Å²) in [5, 5.41) is 4.94. The molecule has 0 aliphatic carbocycles. The van der Waals surface area contributed by atoms with Gasteiger partial charge in [-0.25, -0.2) is 9.93 Å². The van der Waals surface area contributed by atoms with Gasteiger partial charge in [-0.3, -0.25) is 13.9 Å². The predicted molar refractivity (Wildman–Crippen MR) is 71.4 cm³/mol. The molecule has 0 bridgehead atoms. The number of hydrogen-bond donors (Lipinski definition) is 2. The minimum atomic E-state index is -3.92. The molecule has 19 heavy (non-hydrogen) atoms. The maximum absolute atomic E-state index is 11.8. The SMILES string of the molecule is COc1cc2c(cc1NS(N)(=O)=O)n(C)c(=O)n2C. The van der Waals surface area contributed by atoms with Gasteiger partial charge in [-0.1, -0.05) is 0 Å². The fraction of sp³-hybridized carbons (Fsp3) is 0.300. The van der Waals surface area contributed by atoms with Crippen molar-refractivity contribution in [1.29, 1.82) is 0 Å². The third-order valence-corrected chi connectivity index (χ3v) is 3.35. The van der Waals surface area contributed by atoms with Crippen LogP contribution >= 0.6 is 0 Å².